The molecule has 0 aliphatic rings. The molecule has 0 bridgehead atoms. The van der Waals surface area contributed by atoms with E-state index in [-0.39, 0.29) is 12.5 Å². The Bertz CT molecular complexity index is 53.3. The van der Waals surface area contributed by atoms with E-state index in [1.807, 2.05) is 0 Å². The third kappa shape index (κ3) is 7.88. The zero-order chi connectivity index (χ0) is 7.28. The van der Waals surface area contributed by atoms with Gasteiger partial charge < -0.3 is 14.9 Å². The summed E-state index contributed by atoms with van der Waals surface area (Å²) < 4.78 is 4.92. The van der Waals surface area contributed by atoms with E-state index in [0.29, 0.717) is 6.61 Å². The van der Waals surface area contributed by atoms with Crippen LogP contribution in [0, 0.1) is 6.92 Å². The molecule has 0 aromatic heterocycles. The second kappa shape index (κ2) is 4.73. The third-order valence-electron chi connectivity index (χ3n) is 0.778. The average molecular weight is 133 g/mol. The summed E-state index contributed by atoms with van der Waals surface area (Å²) in [5.41, 5.74) is 0. The van der Waals surface area contributed by atoms with Crippen molar-refractivity contribution in [2.45, 2.75) is 25.7 Å². The van der Waals surface area contributed by atoms with E-state index in [4.69, 9.17) is 14.9 Å². The van der Waals surface area contributed by atoms with E-state index in [1.54, 1.807) is 6.92 Å². The van der Waals surface area contributed by atoms with Crippen LogP contribution < -0.4 is 0 Å². The second-order valence-electron chi connectivity index (χ2n) is 1.95. The predicted molar refractivity (Wildman–Crippen MR) is 33.6 cm³/mol. The molecule has 3 nitrogen and oxygen atoms in total. The van der Waals surface area contributed by atoms with Crippen molar-refractivity contribution in [3.8, 4) is 0 Å². The van der Waals surface area contributed by atoms with Crippen molar-refractivity contribution in [2.24, 2.45) is 0 Å². The van der Waals surface area contributed by atoms with Crippen molar-refractivity contribution in [3.63, 3.8) is 0 Å². The molecule has 1 atom stereocenters. The predicted octanol–water partition coefficient (Wildman–Crippen LogP) is -0.0736. The minimum Gasteiger partial charge on any atom is -0.378 e. The molecule has 2 N–H and O–H groups in total. The Labute approximate surface area is 55.3 Å². The number of hydrogen-bond acceptors (Lipinski definition) is 3. The Kier molecular flexibility index (Phi) is 4.67. The van der Waals surface area contributed by atoms with Crippen molar-refractivity contribution in [1.29, 1.82) is 0 Å². The molecule has 55 valence electrons. The number of aliphatic hydroxyl groups excluding tert-OH is 1. The van der Waals surface area contributed by atoms with E-state index in [1.165, 1.54) is 0 Å². The maximum absolute atomic E-state index is 8.32. The maximum atomic E-state index is 8.32. The van der Waals surface area contributed by atoms with Gasteiger partial charge in [0.1, 0.15) is 0 Å². The molecule has 0 spiro atoms. The molecule has 0 fully saturated rings. The van der Waals surface area contributed by atoms with Crippen molar-refractivity contribution in [1.82, 2.24) is 0 Å². The first-order chi connectivity index (χ1) is 4.13. The van der Waals surface area contributed by atoms with Gasteiger partial charge in [-0.05, 0) is 13.8 Å². The van der Waals surface area contributed by atoms with Gasteiger partial charge in [-0.1, -0.05) is 0 Å². The summed E-state index contributed by atoms with van der Waals surface area (Å²) in [6.45, 7) is 5.69. The second-order valence-corrected chi connectivity index (χ2v) is 1.95. The van der Waals surface area contributed by atoms with Gasteiger partial charge in [0, 0.05) is 6.42 Å². The number of hydrogen-bond donors (Lipinski definition) is 2. The van der Waals surface area contributed by atoms with Crippen LogP contribution in [0.1, 0.15) is 13.3 Å². The highest BCUT2D eigenvalue weighted by Crippen LogP contribution is 1.91. The number of rotatable bonds is 4. The smallest absolute Gasteiger partial charge is 0.153 e. The summed E-state index contributed by atoms with van der Waals surface area (Å²) in [6.07, 6.45) is -1.09. The molecule has 0 heterocycles. The van der Waals surface area contributed by atoms with Crippen LogP contribution in [0.4, 0.5) is 0 Å². The van der Waals surface area contributed by atoms with Gasteiger partial charge >= 0.3 is 0 Å². The lowest BCUT2D eigenvalue weighted by atomic mass is 10.4. The Morgan fingerprint density at radius 2 is 2.11 bits per heavy atom. The highest BCUT2D eigenvalue weighted by Gasteiger charge is 1.97. The average Bonchev–Trinajstić information content (AvgIpc) is 1.63. The zero-order valence-corrected chi connectivity index (χ0v) is 5.58. The van der Waals surface area contributed by atoms with Crippen LogP contribution in [0.3, 0.4) is 0 Å². The van der Waals surface area contributed by atoms with Crippen molar-refractivity contribution < 1.29 is 14.9 Å². The Morgan fingerprint density at radius 1 is 1.56 bits per heavy atom. The summed E-state index contributed by atoms with van der Waals surface area (Å²) >= 11 is 0. The summed E-state index contributed by atoms with van der Waals surface area (Å²) in [6, 6.07) is 0. The Morgan fingerprint density at radius 3 is 2.44 bits per heavy atom. The normalized spacial score (nSPS) is 11.3. The fraction of sp³-hybridized carbons (Fsp3) is 0.833. The fourth-order valence-corrected chi connectivity index (χ4v) is 0.375. The van der Waals surface area contributed by atoms with Gasteiger partial charge in [0.25, 0.3) is 0 Å². The third-order valence-corrected chi connectivity index (χ3v) is 0.778. The molecule has 0 saturated heterocycles. The summed E-state index contributed by atoms with van der Waals surface area (Å²) in [7, 11) is 0. The molecule has 9 heavy (non-hydrogen) atoms. The van der Waals surface area contributed by atoms with Crippen LogP contribution in [0.25, 0.3) is 0 Å². The first kappa shape index (κ1) is 8.88. The van der Waals surface area contributed by atoms with E-state index in [0.717, 1.165) is 0 Å². The fourth-order valence-electron chi connectivity index (χ4n) is 0.375. The van der Waals surface area contributed by atoms with Gasteiger partial charge in [0.2, 0.25) is 0 Å². The highest BCUT2D eigenvalue weighted by molar-refractivity contribution is 4.49. The van der Waals surface area contributed by atoms with Crippen LogP contribution in [-0.2, 0) is 4.74 Å². The first-order valence-corrected chi connectivity index (χ1v) is 2.93. The van der Waals surface area contributed by atoms with Gasteiger partial charge in [-0.25, -0.2) is 0 Å². The van der Waals surface area contributed by atoms with Crippen LogP contribution in [-0.4, -0.2) is 29.2 Å². The largest absolute Gasteiger partial charge is 0.378 e. The van der Waals surface area contributed by atoms with E-state index in [9.17, 15) is 0 Å². The first-order valence-electron chi connectivity index (χ1n) is 2.93. The van der Waals surface area contributed by atoms with Crippen LogP contribution >= 0.6 is 0 Å². The lowest BCUT2D eigenvalue weighted by Crippen LogP contribution is -2.11. The quantitative estimate of drug-likeness (QED) is 0.528. The number of ether oxygens (including phenoxy) is 1. The van der Waals surface area contributed by atoms with E-state index in [2.05, 4.69) is 6.92 Å². The molecule has 0 aliphatic carbocycles. The van der Waals surface area contributed by atoms with Gasteiger partial charge in [0.05, 0.1) is 12.7 Å². The summed E-state index contributed by atoms with van der Waals surface area (Å²) in [5, 5.41) is 16.6. The van der Waals surface area contributed by atoms with Crippen LogP contribution in [0.5, 0.6) is 0 Å². The lowest BCUT2D eigenvalue weighted by molar-refractivity contribution is -0.0645. The molecule has 0 aromatic rings. The highest BCUT2D eigenvalue weighted by atomic mass is 16.5. The lowest BCUT2D eigenvalue weighted by Gasteiger charge is -2.07. The van der Waals surface area contributed by atoms with Gasteiger partial charge in [-0.2, -0.15) is 0 Å². The van der Waals surface area contributed by atoms with E-state index < -0.39 is 6.29 Å². The SMILES string of the molecule is [CH2]C(C)OCCC(O)O. The Hall–Kier alpha value is -0.120. The maximum Gasteiger partial charge on any atom is 0.153 e. The molecular formula is C6H13O3. The van der Waals surface area contributed by atoms with Crippen molar-refractivity contribution in [3.05, 3.63) is 6.92 Å². The summed E-state index contributed by atoms with van der Waals surface area (Å²) in [5.74, 6) is 0. The minimum atomic E-state index is -1.26. The van der Waals surface area contributed by atoms with E-state index >= 15 is 0 Å². The molecule has 0 aromatic carbocycles. The Balaban J connectivity index is 2.91. The molecule has 3 heteroatoms. The molecule has 0 saturated carbocycles. The van der Waals surface area contributed by atoms with Gasteiger partial charge in [-0.3, -0.25) is 0 Å². The van der Waals surface area contributed by atoms with Gasteiger partial charge in [0.15, 0.2) is 6.29 Å². The van der Waals surface area contributed by atoms with Crippen molar-refractivity contribution >= 4 is 0 Å². The van der Waals surface area contributed by atoms with Crippen LogP contribution in [0.15, 0.2) is 0 Å². The number of aliphatic hydroxyl groups is 2. The van der Waals surface area contributed by atoms with Gasteiger partial charge in [-0.15, -0.1) is 0 Å². The van der Waals surface area contributed by atoms with Crippen molar-refractivity contribution in [2.75, 3.05) is 6.61 Å². The molecule has 0 amide bonds. The minimum absolute atomic E-state index is 0.0799. The standard InChI is InChI=1S/C6H13O3/c1-5(2)9-4-3-6(7)8/h5-8H,1,3-4H2,2H3. The molecular weight excluding hydrogens is 120 g/mol. The van der Waals surface area contributed by atoms with Crippen LogP contribution in [0.2, 0.25) is 0 Å². The monoisotopic (exact) mass is 133 g/mol. The molecule has 1 unspecified atom stereocenters. The molecule has 0 rings (SSSR count). The summed E-state index contributed by atoms with van der Waals surface area (Å²) in [4.78, 5) is 0. The zero-order valence-electron chi connectivity index (χ0n) is 5.58. The topological polar surface area (TPSA) is 49.7 Å². The molecule has 0 aliphatic heterocycles. The molecule has 1 radical (unpaired) electrons.